The van der Waals surface area contributed by atoms with E-state index in [0.717, 1.165) is 5.56 Å². The maximum atomic E-state index is 12.0. The molecule has 0 aliphatic rings. The van der Waals surface area contributed by atoms with Crippen molar-refractivity contribution in [3.05, 3.63) is 65.5 Å². The monoisotopic (exact) mass is 283 g/mol. The summed E-state index contributed by atoms with van der Waals surface area (Å²) in [6.45, 7) is 0. The summed E-state index contributed by atoms with van der Waals surface area (Å²) < 4.78 is 4.76. The van der Waals surface area contributed by atoms with Gasteiger partial charge in [-0.05, 0) is 29.8 Å². The van der Waals surface area contributed by atoms with Crippen molar-refractivity contribution in [2.75, 3.05) is 7.11 Å². The van der Waals surface area contributed by atoms with E-state index in [9.17, 15) is 14.7 Å². The summed E-state index contributed by atoms with van der Waals surface area (Å²) in [4.78, 5) is 27.2. The number of benzene rings is 1. The van der Waals surface area contributed by atoms with E-state index in [1.807, 2.05) is 0 Å². The Hall–Kier alpha value is -2.95. The Bertz CT molecular complexity index is 692. The molecule has 0 unspecified atom stereocenters. The van der Waals surface area contributed by atoms with Gasteiger partial charge in [0, 0.05) is 18.0 Å². The summed E-state index contributed by atoms with van der Waals surface area (Å²) in [6, 6.07) is 9.73. The molecule has 1 heterocycles. The average Bonchev–Trinajstić information content (AvgIpc) is 2.53. The molecule has 0 radical (unpaired) electrons. The van der Waals surface area contributed by atoms with Crippen molar-refractivity contribution >= 4 is 23.6 Å². The van der Waals surface area contributed by atoms with Crippen LogP contribution in [0.25, 0.3) is 11.6 Å². The molecule has 5 nitrogen and oxygen atoms in total. The molecule has 0 saturated heterocycles. The Kier molecular flexibility index (Phi) is 4.46. The van der Waals surface area contributed by atoms with Crippen LogP contribution in [0.3, 0.4) is 0 Å². The number of hydrogen-bond acceptors (Lipinski definition) is 4. The second-order valence-corrected chi connectivity index (χ2v) is 4.18. The number of methoxy groups -OCH3 is 1. The highest BCUT2D eigenvalue weighted by Crippen LogP contribution is 2.23. The van der Waals surface area contributed by atoms with Crippen LogP contribution in [-0.4, -0.2) is 29.1 Å². The Morgan fingerprint density at radius 2 is 1.71 bits per heavy atom. The molecule has 0 amide bonds. The number of aromatic nitrogens is 1. The molecule has 1 N–H and O–H groups in total. The van der Waals surface area contributed by atoms with Crippen LogP contribution in [0.15, 0.2) is 48.8 Å². The molecule has 2 aromatic rings. The van der Waals surface area contributed by atoms with Crippen LogP contribution in [0.4, 0.5) is 0 Å². The lowest BCUT2D eigenvalue weighted by Crippen LogP contribution is -2.09. The number of nitrogens with zero attached hydrogens (tertiary/aromatic N) is 1. The molecule has 2 rings (SSSR count). The highest BCUT2D eigenvalue weighted by Gasteiger charge is 2.19. The molecule has 0 aliphatic heterocycles. The molecule has 1 aromatic carbocycles. The molecule has 0 spiro atoms. The molecule has 1 aromatic heterocycles. The van der Waals surface area contributed by atoms with Crippen molar-refractivity contribution in [1.29, 1.82) is 0 Å². The van der Waals surface area contributed by atoms with Gasteiger partial charge in [0.15, 0.2) is 0 Å². The number of carboxylic acid groups (broad SMARTS) is 1. The lowest BCUT2D eigenvalue weighted by Gasteiger charge is -2.09. The normalized spacial score (nSPS) is 11.0. The maximum absolute atomic E-state index is 12.0. The van der Waals surface area contributed by atoms with Gasteiger partial charge in [0.25, 0.3) is 0 Å². The van der Waals surface area contributed by atoms with Crippen LogP contribution < -0.4 is 0 Å². The predicted octanol–water partition coefficient (Wildman–Crippen LogP) is 2.49. The van der Waals surface area contributed by atoms with Crippen LogP contribution in [0, 0.1) is 0 Å². The van der Waals surface area contributed by atoms with Crippen LogP contribution in [0.1, 0.15) is 21.5 Å². The van der Waals surface area contributed by atoms with Gasteiger partial charge in [0.2, 0.25) is 0 Å². The zero-order valence-electron chi connectivity index (χ0n) is 11.3. The SMILES string of the molecule is COC(=O)/C(=C/c1ccncc1)c1ccccc1C(=O)O. The van der Waals surface area contributed by atoms with Crippen LogP contribution in [0.5, 0.6) is 0 Å². The van der Waals surface area contributed by atoms with Crippen LogP contribution >= 0.6 is 0 Å². The van der Waals surface area contributed by atoms with Gasteiger partial charge in [-0.15, -0.1) is 0 Å². The van der Waals surface area contributed by atoms with E-state index in [2.05, 4.69) is 4.98 Å². The van der Waals surface area contributed by atoms with Gasteiger partial charge in [-0.2, -0.15) is 0 Å². The Balaban J connectivity index is 2.60. The summed E-state index contributed by atoms with van der Waals surface area (Å²) in [5.41, 5.74) is 1.27. The molecule has 21 heavy (non-hydrogen) atoms. The minimum Gasteiger partial charge on any atom is -0.478 e. The zero-order valence-corrected chi connectivity index (χ0v) is 11.3. The number of carboxylic acids is 1. The lowest BCUT2D eigenvalue weighted by atomic mass is 9.98. The predicted molar refractivity (Wildman–Crippen MR) is 77.5 cm³/mol. The summed E-state index contributed by atoms with van der Waals surface area (Å²) >= 11 is 0. The van der Waals surface area contributed by atoms with Crippen molar-refractivity contribution in [3.63, 3.8) is 0 Å². The molecular formula is C16H13NO4. The number of rotatable bonds is 4. The van der Waals surface area contributed by atoms with Gasteiger partial charge in [0.05, 0.1) is 18.2 Å². The highest BCUT2D eigenvalue weighted by atomic mass is 16.5. The Morgan fingerprint density at radius 3 is 2.29 bits per heavy atom. The van der Waals surface area contributed by atoms with Crippen molar-refractivity contribution in [1.82, 2.24) is 4.98 Å². The second-order valence-electron chi connectivity index (χ2n) is 4.18. The number of ether oxygens (including phenoxy) is 1. The van der Waals surface area contributed by atoms with Crippen molar-refractivity contribution in [2.24, 2.45) is 0 Å². The third kappa shape index (κ3) is 3.33. The van der Waals surface area contributed by atoms with E-state index >= 15 is 0 Å². The fourth-order valence-corrected chi connectivity index (χ4v) is 1.89. The third-order valence-corrected chi connectivity index (χ3v) is 2.87. The van der Waals surface area contributed by atoms with E-state index in [4.69, 9.17) is 4.74 Å². The van der Waals surface area contributed by atoms with E-state index in [-0.39, 0.29) is 11.1 Å². The minimum atomic E-state index is -1.10. The van der Waals surface area contributed by atoms with Gasteiger partial charge < -0.3 is 9.84 Å². The first-order valence-corrected chi connectivity index (χ1v) is 6.16. The first kappa shape index (κ1) is 14.5. The molecule has 0 aliphatic carbocycles. The van der Waals surface area contributed by atoms with Crippen LogP contribution in [0.2, 0.25) is 0 Å². The van der Waals surface area contributed by atoms with Gasteiger partial charge in [-0.3, -0.25) is 4.98 Å². The number of esters is 1. The first-order valence-electron chi connectivity index (χ1n) is 6.16. The second kappa shape index (κ2) is 6.47. The third-order valence-electron chi connectivity index (χ3n) is 2.87. The van der Waals surface area contributed by atoms with E-state index in [1.54, 1.807) is 48.8 Å². The fraction of sp³-hybridized carbons (Fsp3) is 0.0625. The quantitative estimate of drug-likeness (QED) is 0.689. The average molecular weight is 283 g/mol. The summed E-state index contributed by atoms with van der Waals surface area (Å²) in [6.07, 6.45) is 4.75. The van der Waals surface area contributed by atoms with Gasteiger partial charge >= 0.3 is 11.9 Å². The maximum Gasteiger partial charge on any atom is 0.338 e. The molecular weight excluding hydrogens is 270 g/mol. The number of carbonyl (C=O) groups is 2. The lowest BCUT2D eigenvalue weighted by molar-refractivity contribution is -0.133. The summed E-state index contributed by atoms with van der Waals surface area (Å²) in [5.74, 6) is -1.70. The molecule has 0 fully saturated rings. The van der Waals surface area contributed by atoms with Gasteiger partial charge in [-0.1, -0.05) is 18.2 Å². The standard InChI is InChI=1S/C16H13NO4/c1-21-16(20)14(10-11-6-8-17-9-7-11)12-4-2-3-5-13(12)15(18)19/h2-10H,1H3,(H,18,19)/b14-10+. The summed E-state index contributed by atoms with van der Waals surface area (Å²) in [5, 5.41) is 9.25. The molecule has 0 saturated carbocycles. The molecule has 0 bridgehead atoms. The van der Waals surface area contributed by atoms with E-state index < -0.39 is 11.9 Å². The number of carbonyl (C=O) groups excluding carboxylic acids is 1. The van der Waals surface area contributed by atoms with Gasteiger partial charge in [0.1, 0.15) is 0 Å². The topological polar surface area (TPSA) is 76.5 Å². The summed E-state index contributed by atoms with van der Waals surface area (Å²) in [7, 11) is 1.26. The number of aromatic carboxylic acids is 1. The van der Waals surface area contributed by atoms with Crippen molar-refractivity contribution in [3.8, 4) is 0 Å². The molecule has 106 valence electrons. The number of pyridine rings is 1. The fourth-order valence-electron chi connectivity index (χ4n) is 1.89. The Morgan fingerprint density at radius 1 is 1.10 bits per heavy atom. The first-order chi connectivity index (χ1) is 10.1. The Labute approximate surface area is 121 Å². The van der Waals surface area contributed by atoms with E-state index in [0.29, 0.717) is 5.56 Å². The minimum absolute atomic E-state index is 0.0446. The van der Waals surface area contributed by atoms with E-state index in [1.165, 1.54) is 13.2 Å². The van der Waals surface area contributed by atoms with Crippen molar-refractivity contribution in [2.45, 2.75) is 0 Å². The molecule has 5 heteroatoms. The van der Waals surface area contributed by atoms with Crippen LogP contribution in [-0.2, 0) is 9.53 Å². The molecule has 0 atom stereocenters. The zero-order chi connectivity index (χ0) is 15.2. The smallest absolute Gasteiger partial charge is 0.338 e. The number of hydrogen-bond donors (Lipinski definition) is 1. The van der Waals surface area contributed by atoms with Gasteiger partial charge in [-0.25, -0.2) is 9.59 Å². The highest BCUT2D eigenvalue weighted by molar-refractivity contribution is 6.23. The largest absolute Gasteiger partial charge is 0.478 e. The van der Waals surface area contributed by atoms with Crippen molar-refractivity contribution < 1.29 is 19.4 Å².